The Hall–Kier alpha value is -5.13. The SMILES string of the molecule is C#Cc1c(F)ccc2cc(O)cc(-c3c(F)c(OC)c4c(N5CCCn6nc(CO)cc6C5)nc(OC[C@@]56CCCN5C[C@H](F)C6)nc4c3F)c12. The number of methoxy groups -OCH3 is 1. The molecule has 14 heteroatoms. The van der Waals surface area contributed by atoms with Crippen molar-refractivity contribution >= 4 is 27.5 Å². The molecule has 2 aromatic heterocycles. The maximum Gasteiger partial charge on any atom is 0.319 e. The van der Waals surface area contributed by atoms with Gasteiger partial charge in [-0.15, -0.1) is 6.42 Å². The van der Waals surface area contributed by atoms with Crippen LogP contribution in [0.15, 0.2) is 30.3 Å². The molecule has 2 N–H and O–H groups in total. The number of aliphatic hydroxyl groups is 1. The first-order chi connectivity index (χ1) is 24.6. The van der Waals surface area contributed by atoms with E-state index in [1.807, 2.05) is 4.90 Å². The molecular formula is C37H34F4N6O4. The minimum atomic E-state index is -1.14. The Morgan fingerprint density at radius 2 is 1.90 bits per heavy atom. The highest BCUT2D eigenvalue weighted by molar-refractivity contribution is 6.06. The number of ether oxygens (including phenoxy) is 2. The first kappa shape index (κ1) is 33.0. The van der Waals surface area contributed by atoms with Gasteiger partial charge in [-0.05, 0) is 55.5 Å². The van der Waals surface area contributed by atoms with Crippen molar-refractivity contribution < 1.29 is 37.2 Å². The molecule has 264 valence electrons. The van der Waals surface area contributed by atoms with Gasteiger partial charge in [0.15, 0.2) is 17.4 Å². The molecule has 0 saturated carbocycles. The van der Waals surface area contributed by atoms with Gasteiger partial charge >= 0.3 is 6.01 Å². The highest BCUT2D eigenvalue weighted by Gasteiger charge is 2.49. The minimum absolute atomic E-state index is 0.0168. The van der Waals surface area contributed by atoms with Crippen LogP contribution >= 0.6 is 0 Å². The van der Waals surface area contributed by atoms with Crippen molar-refractivity contribution in [2.24, 2.45) is 0 Å². The van der Waals surface area contributed by atoms with Gasteiger partial charge in [0, 0.05) is 37.0 Å². The Balaban J connectivity index is 1.36. The summed E-state index contributed by atoms with van der Waals surface area (Å²) in [7, 11) is 1.23. The van der Waals surface area contributed by atoms with E-state index >= 15 is 13.2 Å². The van der Waals surface area contributed by atoms with Gasteiger partial charge in [0.25, 0.3) is 0 Å². The molecule has 5 heterocycles. The van der Waals surface area contributed by atoms with Crippen molar-refractivity contribution in [3.8, 4) is 41.0 Å². The molecule has 3 aliphatic rings. The number of aliphatic hydroxyl groups excluding tert-OH is 1. The lowest BCUT2D eigenvalue weighted by atomic mass is 9.92. The second-order valence-corrected chi connectivity index (χ2v) is 13.4. The molecule has 2 atom stereocenters. The number of aryl methyl sites for hydroxylation is 1. The summed E-state index contributed by atoms with van der Waals surface area (Å²) in [6.07, 6.45) is 7.14. The van der Waals surface area contributed by atoms with Crippen LogP contribution in [-0.2, 0) is 19.7 Å². The number of terminal acetylenes is 1. The van der Waals surface area contributed by atoms with E-state index in [0.717, 1.165) is 30.8 Å². The summed E-state index contributed by atoms with van der Waals surface area (Å²) in [5.74, 6) is -1.36. The zero-order valence-corrected chi connectivity index (χ0v) is 27.7. The van der Waals surface area contributed by atoms with Gasteiger partial charge in [-0.2, -0.15) is 15.1 Å². The minimum Gasteiger partial charge on any atom is -0.508 e. The predicted molar refractivity (Wildman–Crippen MR) is 181 cm³/mol. The van der Waals surface area contributed by atoms with E-state index in [-0.39, 0.29) is 82.3 Å². The highest BCUT2D eigenvalue weighted by atomic mass is 19.1. The predicted octanol–water partition coefficient (Wildman–Crippen LogP) is 5.62. The summed E-state index contributed by atoms with van der Waals surface area (Å²) in [6, 6.07) is 6.47. The van der Waals surface area contributed by atoms with Gasteiger partial charge in [-0.3, -0.25) is 9.58 Å². The Morgan fingerprint density at radius 1 is 1.06 bits per heavy atom. The summed E-state index contributed by atoms with van der Waals surface area (Å²) >= 11 is 0. The second kappa shape index (κ2) is 12.6. The Kier molecular flexibility index (Phi) is 8.15. The van der Waals surface area contributed by atoms with Crippen LogP contribution in [0.1, 0.15) is 42.6 Å². The summed E-state index contributed by atoms with van der Waals surface area (Å²) < 4.78 is 77.4. The molecule has 0 radical (unpaired) electrons. The fourth-order valence-corrected chi connectivity index (χ4v) is 8.15. The summed E-state index contributed by atoms with van der Waals surface area (Å²) in [6.45, 7) is 1.99. The molecule has 0 aliphatic carbocycles. The molecule has 51 heavy (non-hydrogen) atoms. The van der Waals surface area contributed by atoms with E-state index in [1.165, 1.54) is 19.2 Å². The molecule has 2 saturated heterocycles. The zero-order chi connectivity index (χ0) is 35.6. The van der Waals surface area contributed by atoms with E-state index in [4.69, 9.17) is 20.9 Å². The summed E-state index contributed by atoms with van der Waals surface area (Å²) in [5, 5.41) is 25.0. The fraction of sp³-hybridized carbons (Fsp3) is 0.378. The van der Waals surface area contributed by atoms with E-state index in [0.29, 0.717) is 38.2 Å². The molecule has 3 aliphatic heterocycles. The van der Waals surface area contributed by atoms with E-state index in [2.05, 4.69) is 20.9 Å². The van der Waals surface area contributed by atoms with Crippen LogP contribution in [0.2, 0.25) is 0 Å². The lowest BCUT2D eigenvalue weighted by Gasteiger charge is -2.31. The number of hydrogen-bond donors (Lipinski definition) is 2. The van der Waals surface area contributed by atoms with E-state index in [1.54, 1.807) is 10.7 Å². The number of anilines is 1. The number of aromatic nitrogens is 4. The summed E-state index contributed by atoms with van der Waals surface area (Å²) in [5.41, 5.74) is -0.762. The largest absolute Gasteiger partial charge is 0.508 e. The molecule has 0 spiro atoms. The van der Waals surface area contributed by atoms with Crippen LogP contribution in [0.5, 0.6) is 17.5 Å². The topological polar surface area (TPSA) is 109 Å². The molecule has 0 unspecified atom stereocenters. The van der Waals surface area contributed by atoms with Gasteiger partial charge in [0.1, 0.15) is 35.7 Å². The lowest BCUT2D eigenvalue weighted by Crippen LogP contribution is -2.43. The monoisotopic (exact) mass is 702 g/mol. The fourth-order valence-electron chi connectivity index (χ4n) is 8.15. The number of benzene rings is 3. The zero-order valence-electron chi connectivity index (χ0n) is 27.7. The molecule has 10 nitrogen and oxygen atoms in total. The molecule has 2 fully saturated rings. The van der Waals surface area contributed by atoms with Gasteiger partial charge in [0.05, 0.1) is 53.7 Å². The number of aromatic hydroxyl groups is 1. The normalized spacial score (nSPS) is 20.4. The Morgan fingerprint density at radius 3 is 2.69 bits per heavy atom. The van der Waals surface area contributed by atoms with Crippen molar-refractivity contribution in [2.75, 3.05) is 38.3 Å². The molecule has 0 bridgehead atoms. The number of fused-ring (bicyclic) bond motifs is 4. The number of halogens is 4. The first-order valence-electron chi connectivity index (χ1n) is 16.8. The summed E-state index contributed by atoms with van der Waals surface area (Å²) in [4.78, 5) is 13.1. The van der Waals surface area contributed by atoms with E-state index in [9.17, 15) is 14.6 Å². The van der Waals surface area contributed by atoms with Crippen LogP contribution < -0.4 is 14.4 Å². The maximum atomic E-state index is 17.2. The van der Waals surface area contributed by atoms with Crippen molar-refractivity contribution in [1.29, 1.82) is 0 Å². The van der Waals surface area contributed by atoms with Gasteiger partial charge in [0.2, 0.25) is 0 Å². The van der Waals surface area contributed by atoms with Gasteiger partial charge in [-0.1, -0.05) is 12.0 Å². The van der Waals surface area contributed by atoms with Crippen LogP contribution in [0.4, 0.5) is 23.4 Å². The van der Waals surface area contributed by atoms with Crippen LogP contribution in [-0.4, -0.2) is 79.9 Å². The molecule has 5 aromatic rings. The Bertz CT molecular complexity index is 2260. The van der Waals surface area contributed by atoms with Crippen LogP contribution in [0.25, 0.3) is 32.8 Å². The van der Waals surface area contributed by atoms with Crippen molar-refractivity contribution in [3.05, 3.63) is 64.7 Å². The molecule has 0 amide bonds. The first-order valence-corrected chi connectivity index (χ1v) is 16.8. The molecule has 3 aromatic carbocycles. The molecule has 8 rings (SSSR count). The van der Waals surface area contributed by atoms with Crippen LogP contribution in [0, 0.1) is 29.8 Å². The average Bonchev–Trinajstić information content (AvgIpc) is 3.74. The third kappa shape index (κ3) is 5.37. The number of alkyl halides is 1. The second-order valence-electron chi connectivity index (χ2n) is 13.4. The average molecular weight is 703 g/mol. The third-order valence-electron chi connectivity index (χ3n) is 10.4. The van der Waals surface area contributed by atoms with Crippen molar-refractivity contribution in [3.63, 3.8) is 0 Å². The standard InChI is InChI=1S/C37H34F4N6O4/c1-3-25-27(39)7-6-20-12-24(49)14-26(28(20)25)29-31(40)33-30(34(50-2)32(29)41)35(45-9-5-11-47-23(17-45)13-22(18-48)44-47)43-36(42-33)51-19-37-8-4-10-46(37)16-21(38)15-37/h1,6-7,12-14,21,48-49H,4-5,8-11,15-19H2,2H3/t21-,37+/m1/s1. The van der Waals surface area contributed by atoms with Crippen molar-refractivity contribution in [1.82, 2.24) is 24.6 Å². The smallest absolute Gasteiger partial charge is 0.319 e. The Labute approximate surface area is 290 Å². The van der Waals surface area contributed by atoms with Crippen LogP contribution in [0.3, 0.4) is 0 Å². The molecular weight excluding hydrogens is 668 g/mol. The number of hydrogen-bond acceptors (Lipinski definition) is 9. The quantitative estimate of drug-likeness (QED) is 0.165. The number of nitrogens with zero attached hydrogens (tertiary/aromatic N) is 6. The number of phenolic OH excluding ortho intramolecular Hbond substituents is 1. The third-order valence-corrected chi connectivity index (χ3v) is 10.4. The number of rotatable bonds is 7. The van der Waals surface area contributed by atoms with Gasteiger partial charge < -0.3 is 24.6 Å². The van der Waals surface area contributed by atoms with Gasteiger partial charge in [-0.25, -0.2) is 17.6 Å². The number of phenols is 1. The van der Waals surface area contributed by atoms with Crippen molar-refractivity contribution in [2.45, 2.75) is 57.1 Å². The maximum absolute atomic E-state index is 17.2. The lowest BCUT2D eigenvalue weighted by molar-refractivity contribution is 0.107. The highest BCUT2D eigenvalue weighted by Crippen LogP contribution is 2.47. The van der Waals surface area contributed by atoms with E-state index < -0.39 is 34.7 Å².